The van der Waals surface area contributed by atoms with Gasteiger partial charge < -0.3 is 4.52 Å². The molecular weight excluding hydrogens is 255 g/mol. The first-order valence-corrected chi connectivity index (χ1v) is 9.37. The van der Waals surface area contributed by atoms with E-state index in [0.29, 0.717) is 12.3 Å². The lowest BCUT2D eigenvalue weighted by Crippen LogP contribution is -1.97. The van der Waals surface area contributed by atoms with Gasteiger partial charge in [-0.15, -0.1) is 0 Å². The molecule has 1 rings (SSSR count). The molecule has 0 saturated heterocycles. The normalized spacial score (nSPS) is 14.2. The van der Waals surface area contributed by atoms with Crippen LogP contribution in [0.5, 0.6) is 0 Å². The summed E-state index contributed by atoms with van der Waals surface area (Å²) in [6, 6.07) is 10.00. The maximum atomic E-state index is 12.6. The molecule has 3 heteroatoms. The molecule has 0 aliphatic heterocycles. The Morgan fingerprint density at radius 3 is 2.26 bits per heavy atom. The Kier molecular flexibility index (Phi) is 8.09. The summed E-state index contributed by atoms with van der Waals surface area (Å²) < 4.78 is 17.9. The lowest BCUT2D eigenvalue weighted by atomic mass is 10.1. The van der Waals surface area contributed by atoms with E-state index in [1.54, 1.807) is 7.11 Å². The molecule has 1 atom stereocenters. The molecule has 0 amide bonds. The van der Waals surface area contributed by atoms with Crippen LogP contribution in [0, 0.1) is 0 Å². The smallest absolute Gasteiger partial charge is 0.207 e. The predicted molar refractivity (Wildman–Crippen MR) is 83.0 cm³/mol. The number of unbranched alkanes of at least 4 members (excludes halogenated alkanes) is 5. The van der Waals surface area contributed by atoms with Crippen LogP contribution in [0.25, 0.3) is 0 Å². The molecule has 0 N–H and O–H groups in total. The van der Waals surface area contributed by atoms with Crippen LogP contribution in [0.15, 0.2) is 30.3 Å². The second kappa shape index (κ2) is 9.34. The lowest BCUT2D eigenvalue weighted by molar-refractivity contribution is 0.390. The van der Waals surface area contributed by atoms with Gasteiger partial charge in [0, 0.05) is 19.4 Å². The van der Waals surface area contributed by atoms with Crippen LogP contribution in [-0.4, -0.2) is 13.3 Å². The van der Waals surface area contributed by atoms with E-state index < -0.39 is 7.37 Å². The average molecular weight is 282 g/mol. The SMILES string of the molecule is CCCCCCCCP(=O)(Cc1ccccc1)OC. The van der Waals surface area contributed by atoms with Gasteiger partial charge in [-0.3, -0.25) is 4.57 Å². The molecule has 0 fully saturated rings. The van der Waals surface area contributed by atoms with Crippen LogP contribution in [0.3, 0.4) is 0 Å². The summed E-state index contributed by atoms with van der Waals surface area (Å²) in [5.41, 5.74) is 1.11. The number of hydrogen-bond donors (Lipinski definition) is 0. The van der Waals surface area contributed by atoms with Crippen molar-refractivity contribution >= 4 is 7.37 Å². The van der Waals surface area contributed by atoms with Gasteiger partial charge >= 0.3 is 0 Å². The van der Waals surface area contributed by atoms with Crippen molar-refractivity contribution in [1.29, 1.82) is 0 Å². The minimum Gasteiger partial charge on any atom is -0.332 e. The van der Waals surface area contributed by atoms with Crippen molar-refractivity contribution in [2.75, 3.05) is 13.3 Å². The van der Waals surface area contributed by atoms with Crippen LogP contribution >= 0.6 is 7.37 Å². The highest BCUT2D eigenvalue weighted by atomic mass is 31.2. The predicted octanol–water partition coefficient (Wildman–Crippen LogP) is 5.47. The van der Waals surface area contributed by atoms with Gasteiger partial charge in [-0.1, -0.05) is 69.4 Å². The van der Waals surface area contributed by atoms with Crippen LogP contribution in [-0.2, 0) is 15.3 Å². The Hall–Kier alpha value is -0.590. The van der Waals surface area contributed by atoms with E-state index in [0.717, 1.165) is 12.0 Å². The van der Waals surface area contributed by atoms with Crippen molar-refractivity contribution in [3.63, 3.8) is 0 Å². The van der Waals surface area contributed by atoms with Crippen molar-refractivity contribution in [2.45, 2.75) is 51.6 Å². The molecule has 1 aromatic carbocycles. The first-order chi connectivity index (χ1) is 9.20. The first kappa shape index (κ1) is 16.5. The molecule has 108 valence electrons. The Bertz CT molecular complexity index is 376. The van der Waals surface area contributed by atoms with Crippen molar-refractivity contribution in [3.05, 3.63) is 35.9 Å². The highest BCUT2D eigenvalue weighted by Crippen LogP contribution is 2.50. The molecule has 1 aromatic rings. The fourth-order valence-electron chi connectivity index (χ4n) is 2.23. The van der Waals surface area contributed by atoms with Gasteiger partial charge in [-0.05, 0) is 12.0 Å². The summed E-state index contributed by atoms with van der Waals surface area (Å²) in [5, 5.41) is 0. The third-order valence-electron chi connectivity index (χ3n) is 3.45. The third-order valence-corrected chi connectivity index (χ3v) is 5.96. The van der Waals surface area contributed by atoms with E-state index >= 15 is 0 Å². The molecule has 0 aliphatic rings. The average Bonchev–Trinajstić information content (AvgIpc) is 2.44. The Morgan fingerprint density at radius 2 is 1.63 bits per heavy atom. The maximum Gasteiger partial charge on any atom is 0.207 e. The molecule has 0 aromatic heterocycles. The van der Waals surface area contributed by atoms with Crippen molar-refractivity contribution < 1.29 is 9.09 Å². The summed E-state index contributed by atoms with van der Waals surface area (Å²) in [6.45, 7) is 2.22. The van der Waals surface area contributed by atoms with Gasteiger partial charge in [0.05, 0.1) is 0 Å². The number of hydrogen-bond acceptors (Lipinski definition) is 2. The third kappa shape index (κ3) is 6.94. The first-order valence-electron chi connectivity index (χ1n) is 7.38. The summed E-state index contributed by atoms with van der Waals surface area (Å²) in [5.74, 6) is 0. The quantitative estimate of drug-likeness (QED) is 0.420. The van der Waals surface area contributed by atoms with Crippen LogP contribution < -0.4 is 0 Å². The fraction of sp³-hybridized carbons (Fsp3) is 0.625. The molecule has 2 nitrogen and oxygen atoms in total. The molecule has 0 aliphatic carbocycles. The summed E-state index contributed by atoms with van der Waals surface area (Å²) in [4.78, 5) is 0. The molecule has 0 spiro atoms. The minimum absolute atomic E-state index is 0.569. The van der Waals surface area contributed by atoms with Crippen molar-refractivity contribution in [2.24, 2.45) is 0 Å². The van der Waals surface area contributed by atoms with E-state index in [4.69, 9.17) is 4.52 Å². The molecule has 0 heterocycles. The second-order valence-corrected chi connectivity index (χ2v) is 7.89. The standard InChI is InChI=1S/C16H27O2P/c1-3-4-5-6-7-11-14-19(17,18-2)15-16-12-9-8-10-13-16/h8-10,12-13H,3-7,11,14-15H2,1-2H3. The number of benzene rings is 1. The van der Waals surface area contributed by atoms with Crippen LogP contribution in [0.1, 0.15) is 51.0 Å². The topological polar surface area (TPSA) is 26.3 Å². The highest BCUT2D eigenvalue weighted by Gasteiger charge is 2.21. The fourth-order valence-corrected chi connectivity index (χ4v) is 4.17. The van der Waals surface area contributed by atoms with E-state index in [2.05, 4.69) is 6.92 Å². The lowest BCUT2D eigenvalue weighted by Gasteiger charge is -2.16. The Morgan fingerprint density at radius 1 is 1.00 bits per heavy atom. The summed E-state index contributed by atoms with van der Waals surface area (Å²) in [6.07, 6.45) is 8.60. The van der Waals surface area contributed by atoms with E-state index in [-0.39, 0.29) is 0 Å². The van der Waals surface area contributed by atoms with E-state index in [1.807, 2.05) is 30.3 Å². The summed E-state index contributed by atoms with van der Waals surface area (Å²) >= 11 is 0. The largest absolute Gasteiger partial charge is 0.332 e. The zero-order valence-corrected chi connectivity index (χ0v) is 13.2. The van der Waals surface area contributed by atoms with Crippen molar-refractivity contribution in [1.82, 2.24) is 0 Å². The molecule has 19 heavy (non-hydrogen) atoms. The zero-order chi connectivity index (χ0) is 14.0. The van der Waals surface area contributed by atoms with Gasteiger partial charge in [0.1, 0.15) is 0 Å². The van der Waals surface area contributed by atoms with Gasteiger partial charge in [0.15, 0.2) is 0 Å². The van der Waals surface area contributed by atoms with E-state index in [1.165, 1.54) is 32.1 Å². The molecule has 0 radical (unpaired) electrons. The monoisotopic (exact) mass is 282 g/mol. The van der Waals surface area contributed by atoms with Gasteiger partial charge in [-0.2, -0.15) is 0 Å². The zero-order valence-electron chi connectivity index (χ0n) is 12.3. The Labute approximate surface area is 118 Å². The minimum atomic E-state index is -2.48. The summed E-state index contributed by atoms with van der Waals surface area (Å²) in [7, 11) is -0.894. The molecular formula is C16H27O2P. The van der Waals surface area contributed by atoms with E-state index in [9.17, 15) is 4.57 Å². The molecule has 1 unspecified atom stereocenters. The number of rotatable bonds is 10. The van der Waals surface area contributed by atoms with Crippen LogP contribution in [0.4, 0.5) is 0 Å². The molecule has 0 bridgehead atoms. The van der Waals surface area contributed by atoms with Crippen LogP contribution in [0.2, 0.25) is 0 Å². The van der Waals surface area contributed by atoms with Gasteiger partial charge in [0.2, 0.25) is 7.37 Å². The molecule has 0 saturated carbocycles. The van der Waals surface area contributed by atoms with Gasteiger partial charge in [0.25, 0.3) is 0 Å². The van der Waals surface area contributed by atoms with Crippen molar-refractivity contribution in [3.8, 4) is 0 Å². The second-order valence-electron chi connectivity index (χ2n) is 5.13. The highest BCUT2D eigenvalue weighted by molar-refractivity contribution is 7.58. The van der Waals surface area contributed by atoms with Gasteiger partial charge in [-0.25, -0.2) is 0 Å². The maximum absolute atomic E-state index is 12.6. The Balaban J connectivity index is 2.32.